The van der Waals surface area contributed by atoms with Crippen molar-refractivity contribution in [2.75, 3.05) is 5.75 Å². The van der Waals surface area contributed by atoms with Crippen LogP contribution in [0.15, 0.2) is 11.4 Å². The van der Waals surface area contributed by atoms with Gasteiger partial charge in [-0.2, -0.15) is 11.8 Å². The highest BCUT2D eigenvalue weighted by atomic mass is 32.2. The fourth-order valence-corrected chi connectivity index (χ4v) is 3.91. The fourth-order valence-electron chi connectivity index (χ4n) is 1.83. The van der Waals surface area contributed by atoms with E-state index in [0.717, 1.165) is 0 Å². The first kappa shape index (κ1) is 9.56. The van der Waals surface area contributed by atoms with Crippen LogP contribution in [0.4, 0.5) is 0 Å². The van der Waals surface area contributed by atoms with Gasteiger partial charge in [0.05, 0.1) is 0 Å². The average molecular weight is 213 g/mol. The molecule has 0 bridgehead atoms. The van der Waals surface area contributed by atoms with Gasteiger partial charge in [0.15, 0.2) is 0 Å². The van der Waals surface area contributed by atoms with Crippen LogP contribution < -0.4 is 5.73 Å². The lowest BCUT2D eigenvalue weighted by molar-refractivity contribution is 0.645. The molecule has 0 saturated carbocycles. The summed E-state index contributed by atoms with van der Waals surface area (Å²) in [7, 11) is 0. The van der Waals surface area contributed by atoms with Crippen LogP contribution >= 0.6 is 23.1 Å². The molecule has 0 aliphatic carbocycles. The SMILES string of the molecule is Cc1sccc1C(N)C1CCCS1. The zero-order valence-electron chi connectivity index (χ0n) is 7.82. The third-order valence-electron chi connectivity index (χ3n) is 2.62. The summed E-state index contributed by atoms with van der Waals surface area (Å²) in [6.45, 7) is 2.17. The van der Waals surface area contributed by atoms with E-state index in [4.69, 9.17) is 5.73 Å². The Morgan fingerprint density at radius 3 is 3.00 bits per heavy atom. The number of aryl methyl sites for hydroxylation is 1. The second-order valence-electron chi connectivity index (χ2n) is 3.51. The number of hydrogen-bond acceptors (Lipinski definition) is 3. The smallest absolute Gasteiger partial charge is 0.0426 e. The van der Waals surface area contributed by atoms with E-state index in [0.29, 0.717) is 5.25 Å². The molecule has 0 spiro atoms. The standard InChI is InChI=1S/C10H15NS2/c1-7-8(4-6-12-7)10(11)9-3-2-5-13-9/h4,6,9-10H,2-3,5,11H2,1H3. The molecule has 1 aliphatic heterocycles. The Balaban J connectivity index is 2.12. The highest BCUT2D eigenvalue weighted by Crippen LogP contribution is 2.36. The first-order chi connectivity index (χ1) is 6.29. The highest BCUT2D eigenvalue weighted by Gasteiger charge is 2.24. The minimum Gasteiger partial charge on any atom is -0.323 e. The third kappa shape index (κ3) is 1.92. The largest absolute Gasteiger partial charge is 0.323 e. The van der Waals surface area contributed by atoms with Crippen LogP contribution in [0.25, 0.3) is 0 Å². The molecule has 1 fully saturated rings. The van der Waals surface area contributed by atoms with Crippen LogP contribution in [0.1, 0.15) is 29.3 Å². The van der Waals surface area contributed by atoms with E-state index in [1.54, 1.807) is 11.3 Å². The maximum atomic E-state index is 6.23. The van der Waals surface area contributed by atoms with E-state index in [1.165, 1.54) is 29.0 Å². The van der Waals surface area contributed by atoms with Gasteiger partial charge in [-0.3, -0.25) is 0 Å². The number of rotatable bonds is 2. The summed E-state index contributed by atoms with van der Waals surface area (Å²) in [5, 5.41) is 2.80. The summed E-state index contributed by atoms with van der Waals surface area (Å²) in [4.78, 5) is 1.39. The molecule has 1 saturated heterocycles. The molecule has 72 valence electrons. The van der Waals surface area contributed by atoms with Crippen molar-refractivity contribution in [2.45, 2.75) is 31.1 Å². The second kappa shape index (κ2) is 4.03. The molecular formula is C10H15NS2. The van der Waals surface area contributed by atoms with Gasteiger partial charge in [-0.15, -0.1) is 11.3 Å². The first-order valence-corrected chi connectivity index (χ1v) is 6.63. The molecule has 2 rings (SSSR count). The van der Waals surface area contributed by atoms with Gasteiger partial charge in [-0.1, -0.05) is 0 Å². The van der Waals surface area contributed by atoms with Crippen molar-refractivity contribution in [1.29, 1.82) is 0 Å². The Kier molecular flexibility index (Phi) is 2.96. The van der Waals surface area contributed by atoms with Crippen LogP contribution in [-0.2, 0) is 0 Å². The summed E-state index contributed by atoms with van der Waals surface area (Å²) in [6.07, 6.45) is 2.63. The van der Waals surface area contributed by atoms with Crippen molar-refractivity contribution in [2.24, 2.45) is 5.73 Å². The van der Waals surface area contributed by atoms with Crippen LogP contribution in [0.2, 0.25) is 0 Å². The molecule has 1 nitrogen and oxygen atoms in total. The molecule has 3 heteroatoms. The predicted octanol–water partition coefficient (Wildman–Crippen LogP) is 2.95. The molecule has 0 amide bonds. The molecule has 2 unspecified atom stereocenters. The molecule has 13 heavy (non-hydrogen) atoms. The molecule has 2 N–H and O–H groups in total. The van der Waals surface area contributed by atoms with Crippen molar-refractivity contribution in [3.8, 4) is 0 Å². The van der Waals surface area contributed by atoms with Crippen LogP contribution in [0.5, 0.6) is 0 Å². The molecule has 1 aromatic rings. The van der Waals surface area contributed by atoms with Gasteiger partial charge in [0.25, 0.3) is 0 Å². The minimum atomic E-state index is 0.263. The Morgan fingerprint density at radius 2 is 2.46 bits per heavy atom. The highest BCUT2D eigenvalue weighted by molar-refractivity contribution is 8.00. The van der Waals surface area contributed by atoms with Crippen LogP contribution in [-0.4, -0.2) is 11.0 Å². The van der Waals surface area contributed by atoms with Crippen molar-refractivity contribution < 1.29 is 0 Å². The van der Waals surface area contributed by atoms with E-state index in [9.17, 15) is 0 Å². The van der Waals surface area contributed by atoms with Gasteiger partial charge in [-0.25, -0.2) is 0 Å². The monoisotopic (exact) mass is 213 g/mol. The fraction of sp³-hybridized carbons (Fsp3) is 0.600. The summed E-state index contributed by atoms with van der Waals surface area (Å²) in [6, 6.07) is 2.45. The summed E-state index contributed by atoms with van der Waals surface area (Å²) in [5.41, 5.74) is 7.60. The Morgan fingerprint density at radius 1 is 1.62 bits per heavy atom. The zero-order chi connectivity index (χ0) is 9.26. The Hall–Kier alpha value is 0.01000. The van der Waals surface area contributed by atoms with Crippen molar-refractivity contribution >= 4 is 23.1 Å². The minimum absolute atomic E-state index is 0.263. The maximum Gasteiger partial charge on any atom is 0.0426 e. The van der Waals surface area contributed by atoms with E-state index in [1.807, 2.05) is 11.8 Å². The quantitative estimate of drug-likeness (QED) is 0.817. The molecule has 0 aromatic carbocycles. The van der Waals surface area contributed by atoms with E-state index in [-0.39, 0.29) is 6.04 Å². The normalized spacial score (nSPS) is 24.9. The molecular weight excluding hydrogens is 198 g/mol. The molecule has 1 aromatic heterocycles. The number of hydrogen-bond donors (Lipinski definition) is 1. The Bertz CT molecular complexity index is 276. The third-order valence-corrected chi connectivity index (χ3v) is 4.97. The lowest BCUT2D eigenvalue weighted by atomic mass is 10.0. The summed E-state index contributed by atoms with van der Waals surface area (Å²) in [5.74, 6) is 1.29. The van der Waals surface area contributed by atoms with Crippen molar-refractivity contribution in [3.63, 3.8) is 0 Å². The van der Waals surface area contributed by atoms with E-state index in [2.05, 4.69) is 18.4 Å². The molecule has 1 aliphatic rings. The van der Waals surface area contributed by atoms with E-state index >= 15 is 0 Å². The predicted molar refractivity (Wildman–Crippen MR) is 61.5 cm³/mol. The van der Waals surface area contributed by atoms with Crippen molar-refractivity contribution in [1.82, 2.24) is 0 Å². The van der Waals surface area contributed by atoms with Crippen molar-refractivity contribution in [3.05, 3.63) is 21.9 Å². The van der Waals surface area contributed by atoms with Gasteiger partial charge in [0.2, 0.25) is 0 Å². The molecule has 0 radical (unpaired) electrons. The molecule has 2 atom stereocenters. The van der Waals surface area contributed by atoms with Gasteiger partial charge in [0.1, 0.15) is 0 Å². The first-order valence-electron chi connectivity index (χ1n) is 4.70. The van der Waals surface area contributed by atoms with Crippen LogP contribution in [0.3, 0.4) is 0 Å². The van der Waals surface area contributed by atoms with Crippen LogP contribution in [0, 0.1) is 6.92 Å². The number of nitrogens with two attached hydrogens (primary N) is 1. The maximum absolute atomic E-state index is 6.23. The average Bonchev–Trinajstić information content (AvgIpc) is 2.72. The lowest BCUT2D eigenvalue weighted by Gasteiger charge is -2.17. The Labute approximate surface area is 87.7 Å². The van der Waals surface area contributed by atoms with Gasteiger partial charge >= 0.3 is 0 Å². The topological polar surface area (TPSA) is 26.0 Å². The summed E-state index contributed by atoms with van der Waals surface area (Å²) < 4.78 is 0. The van der Waals surface area contributed by atoms with E-state index < -0.39 is 0 Å². The van der Waals surface area contributed by atoms with Gasteiger partial charge in [0, 0.05) is 16.2 Å². The number of thioether (sulfide) groups is 1. The molecule has 2 heterocycles. The number of thiophene rings is 1. The zero-order valence-corrected chi connectivity index (χ0v) is 9.46. The lowest BCUT2D eigenvalue weighted by Crippen LogP contribution is -2.21. The van der Waals surface area contributed by atoms with Gasteiger partial charge < -0.3 is 5.73 Å². The second-order valence-corrected chi connectivity index (χ2v) is 5.98. The summed E-state index contributed by atoms with van der Waals surface area (Å²) >= 11 is 3.84. The van der Waals surface area contributed by atoms with Gasteiger partial charge in [-0.05, 0) is 42.5 Å².